The van der Waals surface area contributed by atoms with Crippen molar-refractivity contribution in [1.82, 2.24) is 9.97 Å². The SMILES string of the molecule is Oc1ccccc1-c1cccc(Oc2[c-]c3c(cc2)-c2ccccc2B2N(c4ccccc4)c4cccnc4N23)n1.[Pt]. The molecule has 42 heavy (non-hydrogen) atoms. The van der Waals surface area contributed by atoms with Crippen LogP contribution in [0.5, 0.6) is 17.4 Å². The van der Waals surface area contributed by atoms with Crippen molar-refractivity contribution >= 4 is 35.3 Å². The Morgan fingerprint density at radius 1 is 0.690 bits per heavy atom. The second-order valence-electron chi connectivity index (χ2n) is 9.95. The van der Waals surface area contributed by atoms with Gasteiger partial charge in [0.15, 0.2) is 0 Å². The van der Waals surface area contributed by atoms with Gasteiger partial charge in [0, 0.05) is 50.3 Å². The molecular formula is C34H22BN4O2Pt-. The minimum absolute atomic E-state index is 0. The Kier molecular flexibility index (Phi) is 6.52. The fraction of sp³-hybridized carbons (Fsp3) is 0. The van der Waals surface area contributed by atoms with Crippen molar-refractivity contribution in [3.8, 4) is 39.8 Å². The van der Waals surface area contributed by atoms with Gasteiger partial charge in [0.25, 0.3) is 0 Å². The minimum Gasteiger partial charge on any atom is -0.507 e. The molecular weight excluding hydrogens is 702 g/mol. The molecule has 6 nitrogen and oxygen atoms in total. The predicted molar refractivity (Wildman–Crippen MR) is 162 cm³/mol. The van der Waals surface area contributed by atoms with Gasteiger partial charge in [-0.2, -0.15) is 6.07 Å². The van der Waals surface area contributed by atoms with Gasteiger partial charge in [0.05, 0.1) is 11.4 Å². The number of aromatic hydroxyl groups is 1. The molecule has 6 aromatic rings. The first-order valence-corrected chi connectivity index (χ1v) is 13.4. The van der Waals surface area contributed by atoms with E-state index in [1.807, 2.05) is 48.7 Å². The van der Waals surface area contributed by atoms with Crippen LogP contribution < -0.4 is 19.8 Å². The fourth-order valence-electron chi connectivity index (χ4n) is 5.82. The number of phenolic OH excluding ortho intramolecular Hbond substituents is 1. The Morgan fingerprint density at radius 3 is 2.33 bits per heavy atom. The van der Waals surface area contributed by atoms with Gasteiger partial charge >= 0.3 is 6.98 Å². The maximum Gasteiger partial charge on any atom is 0.419 e. The van der Waals surface area contributed by atoms with Gasteiger partial charge in [0.2, 0.25) is 5.88 Å². The molecule has 2 aliphatic heterocycles. The minimum atomic E-state index is -0.139. The van der Waals surface area contributed by atoms with E-state index in [2.05, 4.69) is 81.3 Å². The number of nitrogens with zero attached hydrogens (tertiary/aromatic N) is 4. The number of fused-ring (bicyclic) bond motifs is 8. The summed E-state index contributed by atoms with van der Waals surface area (Å²) in [7, 11) is 0. The van der Waals surface area contributed by atoms with Crippen LogP contribution in [0, 0.1) is 6.07 Å². The van der Waals surface area contributed by atoms with Gasteiger partial charge < -0.3 is 19.5 Å². The maximum absolute atomic E-state index is 10.3. The number of hydrogen-bond acceptors (Lipinski definition) is 6. The number of pyridine rings is 2. The molecule has 8 rings (SSSR count). The van der Waals surface area contributed by atoms with Crippen molar-refractivity contribution < 1.29 is 30.9 Å². The quantitative estimate of drug-likeness (QED) is 0.155. The van der Waals surface area contributed by atoms with Crippen LogP contribution in [0.25, 0.3) is 22.4 Å². The zero-order chi connectivity index (χ0) is 27.3. The van der Waals surface area contributed by atoms with E-state index in [0.717, 1.165) is 34.0 Å². The summed E-state index contributed by atoms with van der Waals surface area (Å²) in [5.41, 5.74) is 7.69. The molecule has 0 aliphatic carbocycles. The van der Waals surface area contributed by atoms with E-state index in [1.165, 1.54) is 5.46 Å². The van der Waals surface area contributed by atoms with Crippen LogP contribution in [0.2, 0.25) is 0 Å². The number of para-hydroxylation sites is 2. The van der Waals surface area contributed by atoms with Gasteiger partial charge in [-0.25, -0.2) is 9.97 Å². The van der Waals surface area contributed by atoms with E-state index in [1.54, 1.807) is 18.2 Å². The van der Waals surface area contributed by atoms with Crippen molar-refractivity contribution in [2.75, 3.05) is 9.62 Å². The molecule has 0 bridgehead atoms. The average molecular weight is 724 g/mol. The third-order valence-electron chi connectivity index (χ3n) is 7.56. The zero-order valence-electron chi connectivity index (χ0n) is 22.2. The first kappa shape index (κ1) is 26.1. The molecule has 0 spiro atoms. The topological polar surface area (TPSA) is 61.7 Å². The van der Waals surface area contributed by atoms with E-state index in [9.17, 15) is 5.11 Å². The standard InChI is InChI=1S/C34H22BN4O2.Pt/c40-32-17-7-5-13-27(32)29-15-8-18-33(37-29)41-24-19-20-26-25-12-4-6-14-28(25)35-38(23-10-2-1-3-11-23)30-16-9-21-36-34(30)39(35)31(26)22-24;/h1-21,40H;/q-1;. The third kappa shape index (κ3) is 4.17. The first-order valence-electron chi connectivity index (χ1n) is 13.4. The zero-order valence-corrected chi connectivity index (χ0v) is 24.4. The normalized spacial score (nSPS) is 12.5. The van der Waals surface area contributed by atoms with Crippen LogP contribution in [0.3, 0.4) is 0 Å². The molecule has 0 atom stereocenters. The second kappa shape index (κ2) is 10.5. The smallest absolute Gasteiger partial charge is 0.419 e. The summed E-state index contributed by atoms with van der Waals surface area (Å²) in [6.07, 6.45) is 1.83. The van der Waals surface area contributed by atoms with Crippen molar-refractivity contribution in [3.05, 3.63) is 134 Å². The molecule has 0 unspecified atom stereocenters. The summed E-state index contributed by atoms with van der Waals surface area (Å²) >= 11 is 0. The Labute approximate surface area is 258 Å². The fourth-order valence-corrected chi connectivity index (χ4v) is 5.82. The molecule has 4 heterocycles. The van der Waals surface area contributed by atoms with E-state index >= 15 is 0 Å². The molecule has 4 aromatic carbocycles. The number of phenols is 1. The number of aromatic nitrogens is 2. The van der Waals surface area contributed by atoms with Crippen LogP contribution in [0.4, 0.5) is 22.9 Å². The van der Waals surface area contributed by atoms with Gasteiger partial charge in [-0.05, 0) is 47.9 Å². The summed E-state index contributed by atoms with van der Waals surface area (Å²) in [6, 6.07) is 43.3. The van der Waals surface area contributed by atoms with Crippen molar-refractivity contribution in [2.45, 2.75) is 0 Å². The molecule has 0 saturated heterocycles. The molecule has 0 saturated carbocycles. The molecule has 0 amide bonds. The second-order valence-corrected chi connectivity index (χ2v) is 9.95. The van der Waals surface area contributed by atoms with Gasteiger partial charge in [-0.15, -0.1) is 17.7 Å². The summed E-state index contributed by atoms with van der Waals surface area (Å²) in [4.78, 5) is 14.1. The summed E-state index contributed by atoms with van der Waals surface area (Å²) < 4.78 is 6.27. The van der Waals surface area contributed by atoms with Gasteiger partial charge in [0.1, 0.15) is 11.6 Å². The summed E-state index contributed by atoms with van der Waals surface area (Å²) in [5, 5.41) is 10.3. The van der Waals surface area contributed by atoms with Crippen molar-refractivity contribution in [1.29, 1.82) is 0 Å². The monoisotopic (exact) mass is 724 g/mol. The maximum atomic E-state index is 10.3. The average Bonchev–Trinajstić information content (AvgIpc) is 3.38. The summed E-state index contributed by atoms with van der Waals surface area (Å²) in [6.45, 7) is -0.139. The number of benzene rings is 4. The van der Waals surface area contributed by atoms with Crippen LogP contribution in [-0.4, -0.2) is 22.1 Å². The van der Waals surface area contributed by atoms with E-state index in [-0.39, 0.29) is 33.8 Å². The number of rotatable bonds is 4. The Bertz CT molecular complexity index is 1940. The number of hydrogen-bond donors (Lipinski definition) is 1. The van der Waals surface area contributed by atoms with E-state index in [0.29, 0.717) is 22.9 Å². The van der Waals surface area contributed by atoms with Gasteiger partial charge in [-0.1, -0.05) is 71.9 Å². The number of anilines is 4. The molecule has 0 radical (unpaired) electrons. The molecule has 0 fully saturated rings. The largest absolute Gasteiger partial charge is 0.507 e. The van der Waals surface area contributed by atoms with E-state index in [4.69, 9.17) is 9.72 Å². The van der Waals surface area contributed by atoms with Crippen molar-refractivity contribution in [3.63, 3.8) is 0 Å². The molecule has 204 valence electrons. The predicted octanol–water partition coefficient (Wildman–Crippen LogP) is 7.10. The Morgan fingerprint density at radius 2 is 1.48 bits per heavy atom. The summed E-state index contributed by atoms with van der Waals surface area (Å²) in [5.74, 6) is 2.00. The Hall–Kier alpha value is -4.87. The van der Waals surface area contributed by atoms with Crippen molar-refractivity contribution in [2.24, 2.45) is 0 Å². The van der Waals surface area contributed by atoms with Crippen LogP contribution in [-0.2, 0) is 21.1 Å². The number of ether oxygens (including phenoxy) is 1. The molecule has 8 heteroatoms. The third-order valence-corrected chi connectivity index (χ3v) is 7.56. The molecule has 2 aliphatic rings. The van der Waals surface area contributed by atoms with Crippen LogP contribution >= 0.6 is 0 Å². The first-order chi connectivity index (χ1) is 20.3. The molecule has 1 N–H and O–H groups in total. The molecule has 2 aromatic heterocycles. The van der Waals surface area contributed by atoms with Crippen LogP contribution in [0.1, 0.15) is 0 Å². The van der Waals surface area contributed by atoms with Gasteiger partial charge in [-0.3, -0.25) is 0 Å². The van der Waals surface area contributed by atoms with Crippen LogP contribution in [0.15, 0.2) is 128 Å². The Balaban J connectivity index is 0.00000288. The van der Waals surface area contributed by atoms with E-state index < -0.39 is 0 Å².